The van der Waals surface area contributed by atoms with E-state index in [-0.39, 0.29) is 16.9 Å². The van der Waals surface area contributed by atoms with Crippen molar-refractivity contribution >= 4 is 39.9 Å². The number of benzene rings is 1. The lowest BCUT2D eigenvalue weighted by molar-refractivity contribution is 0.739. The standard InChI is InChI=1S/C25H20ClN9O/c1-14(18-9-21-29-12-19(26)35(21)25(36)34(18)16-5-3-2-4-6-16)33-24-22-17(11-30-23(22)31-13-32-24)15-7-8-20(27)28-10-15/h2-14H,1H3,(H2,27,28)(H2,30,31,32,33). The van der Waals surface area contributed by atoms with Crippen LogP contribution in [0.5, 0.6) is 0 Å². The second-order valence-electron chi connectivity index (χ2n) is 8.28. The molecule has 0 aliphatic rings. The summed E-state index contributed by atoms with van der Waals surface area (Å²) in [5.74, 6) is 1.05. The normalized spacial score (nSPS) is 12.3. The van der Waals surface area contributed by atoms with Gasteiger partial charge in [-0.2, -0.15) is 0 Å². The number of halogens is 1. The van der Waals surface area contributed by atoms with Gasteiger partial charge in [-0.3, -0.25) is 4.57 Å². The number of nitrogen functional groups attached to an aromatic ring is 1. The number of nitrogens with one attached hydrogen (secondary N) is 2. The fraction of sp³-hybridized carbons (Fsp3) is 0.0800. The molecule has 0 spiro atoms. The third-order valence-electron chi connectivity index (χ3n) is 6.04. The van der Waals surface area contributed by atoms with E-state index in [1.54, 1.807) is 16.8 Å². The van der Waals surface area contributed by atoms with Crippen molar-refractivity contribution < 1.29 is 0 Å². The molecule has 0 aliphatic heterocycles. The smallest absolute Gasteiger partial charge is 0.339 e. The van der Waals surface area contributed by atoms with Crippen LogP contribution in [-0.4, -0.2) is 33.9 Å². The van der Waals surface area contributed by atoms with E-state index in [9.17, 15) is 4.79 Å². The zero-order chi connectivity index (χ0) is 24.8. The average molecular weight is 498 g/mol. The van der Waals surface area contributed by atoms with E-state index >= 15 is 0 Å². The van der Waals surface area contributed by atoms with Crippen LogP contribution in [0.4, 0.5) is 11.6 Å². The summed E-state index contributed by atoms with van der Waals surface area (Å²) in [4.78, 5) is 34.2. The van der Waals surface area contributed by atoms with Crippen molar-refractivity contribution in [3.63, 3.8) is 0 Å². The highest BCUT2D eigenvalue weighted by Gasteiger charge is 2.21. The van der Waals surface area contributed by atoms with Gasteiger partial charge in [0, 0.05) is 29.6 Å². The Balaban J connectivity index is 1.50. The van der Waals surface area contributed by atoms with Crippen molar-refractivity contribution in [2.75, 3.05) is 11.1 Å². The predicted molar refractivity (Wildman–Crippen MR) is 139 cm³/mol. The van der Waals surface area contributed by atoms with Crippen LogP contribution in [0.2, 0.25) is 5.15 Å². The largest absolute Gasteiger partial charge is 0.384 e. The molecular formula is C25H20ClN9O. The van der Waals surface area contributed by atoms with Crippen molar-refractivity contribution in [3.05, 3.63) is 94.8 Å². The first-order valence-electron chi connectivity index (χ1n) is 11.2. The Morgan fingerprint density at radius 1 is 1.06 bits per heavy atom. The van der Waals surface area contributed by atoms with Crippen LogP contribution in [0.1, 0.15) is 18.7 Å². The predicted octanol–water partition coefficient (Wildman–Crippen LogP) is 4.23. The van der Waals surface area contributed by atoms with Gasteiger partial charge < -0.3 is 16.0 Å². The van der Waals surface area contributed by atoms with Gasteiger partial charge in [0.25, 0.3) is 0 Å². The van der Waals surface area contributed by atoms with Gasteiger partial charge in [-0.15, -0.1) is 0 Å². The van der Waals surface area contributed by atoms with Crippen LogP contribution in [0.25, 0.3) is 33.5 Å². The minimum atomic E-state index is -0.344. The highest BCUT2D eigenvalue weighted by Crippen LogP contribution is 2.33. The molecule has 0 radical (unpaired) electrons. The number of pyridine rings is 1. The number of aromatic amines is 1. The number of fused-ring (bicyclic) bond motifs is 2. The van der Waals surface area contributed by atoms with Crippen LogP contribution >= 0.6 is 11.6 Å². The van der Waals surface area contributed by atoms with Gasteiger partial charge in [-0.25, -0.2) is 29.1 Å². The molecule has 0 saturated heterocycles. The SMILES string of the molecule is CC(Nc1ncnc2[nH]cc(-c3ccc(N)nc3)c12)c1cc2ncc(Cl)n2c(=O)n1-c1ccccc1. The number of para-hydroxylation sites is 1. The highest BCUT2D eigenvalue weighted by atomic mass is 35.5. The molecule has 0 bridgehead atoms. The summed E-state index contributed by atoms with van der Waals surface area (Å²) >= 11 is 6.28. The molecule has 5 heterocycles. The first-order valence-corrected chi connectivity index (χ1v) is 11.5. The molecule has 178 valence electrons. The van der Waals surface area contributed by atoms with E-state index in [1.807, 2.05) is 55.6 Å². The molecule has 5 aromatic heterocycles. The first kappa shape index (κ1) is 21.8. The molecular weight excluding hydrogens is 478 g/mol. The van der Waals surface area contributed by atoms with Gasteiger partial charge in [0.15, 0.2) is 0 Å². The number of aromatic nitrogens is 7. The van der Waals surface area contributed by atoms with Crippen molar-refractivity contribution in [2.45, 2.75) is 13.0 Å². The second-order valence-corrected chi connectivity index (χ2v) is 8.67. The maximum absolute atomic E-state index is 13.6. The van der Waals surface area contributed by atoms with E-state index in [2.05, 4.69) is 30.2 Å². The number of anilines is 2. The molecule has 0 amide bonds. The summed E-state index contributed by atoms with van der Waals surface area (Å²) in [5, 5.41) is 4.52. The maximum atomic E-state index is 13.6. The molecule has 6 rings (SSSR count). The van der Waals surface area contributed by atoms with Gasteiger partial charge in [0.2, 0.25) is 0 Å². The Kier molecular flexibility index (Phi) is 5.15. The molecule has 0 aliphatic carbocycles. The topological polar surface area (TPSA) is 132 Å². The third kappa shape index (κ3) is 3.55. The van der Waals surface area contributed by atoms with E-state index in [4.69, 9.17) is 17.3 Å². The van der Waals surface area contributed by atoms with E-state index in [0.717, 1.165) is 16.5 Å². The van der Waals surface area contributed by atoms with Crippen molar-refractivity contribution in [3.8, 4) is 16.8 Å². The van der Waals surface area contributed by atoms with Gasteiger partial charge in [-0.1, -0.05) is 29.8 Å². The van der Waals surface area contributed by atoms with Crippen LogP contribution in [0.3, 0.4) is 0 Å². The fourth-order valence-corrected chi connectivity index (χ4v) is 4.55. The minimum absolute atomic E-state index is 0.249. The third-order valence-corrected chi connectivity index (χ3v) is 6.31. The summed E-state index contributed by atoms with van der Waals surface area (Å²) in [6, 6.07) is 14.5. The molecule has 0 saturated carbocycles. The summed E-state index contributed by atoms with van der Waals surface area (Å²) < 4.78 is 3.00. The number of imidazole rings is 1. The number of rotatable bonds is 5. The molecule has 1 aromatic carbocycles. The van der Waals surface area contributed by atoms with Gasteiger partial charge >= 0.3 is 5.69 Å². The first-order chi connectivity index (χ1) is 17.5. The van der Waals surface area contributed by atoms with E-state index in [0.29, 0.717) is 34.3 Å². The number of nitrogens with two attached hydrogens (primary N) is 1. The van der Waals surface area contributed by atoms with Crippen molar-refractivity contribution in [1.82, 2.24) is 33.9 Å². The minimum Gasteiger partial charge on any atom is -0.384 e. The van der Waals surface area contributed by atoms with Crippen LogP contribution in [0.15, 0.2) is 78.2 Å². The number of nitrogens with zero attached hydrogens (tertiary/aromatic N) is 6. The Hall–Kier alpha value is -4.70. The lowest BCUT2D eigenvalue weighted by atomic mass is 10.1. The molecule has 1 atom stereocenters. The lowest BCUT2D eigenvalue weighted by Crippen LogP contribution is -2.30. The molecule has 6 aromatic rings. The van der Waals surface area contributed by atoms with E-state index < -0.39 is 0 Å². The summed E-state index contributed by atoms with van der Waals surface area (Å²) in [6.07, 6.45) is 6.53. The summed E-state index contributed by atoms with van der Waals surface area (Å²) in [6.45, 7) is 1.96. The van der Waals surface area contributed by atoms with Gasteiger partial charge in [0.1, 0.15) is 34.4 Å². The van der Waals surface area contributed by atoms with Gasteiger partial charge in [0.05, 0.1) is 29.0 Å². The molecule has 4 N–H and O–H groups in total. The highest BCUT2D eigenvalue weighted by molar-refractivity contribution is 6.29. The molecule has 0 fully saturated rings. The Morgan fingerprint density at radius 3 is 2.67 bits per heavy atom. The number of H-pyrrole nitrogens is 1. The molecule has 1 unspecified atom stereocenters. The molecule has 11 heteroatoms. The van der Waals surface area contributed by atoms with Crippen LogP contribution < -0.4 is 16.7 Å². The Bertz CT molecular complexity index is 1770. The van der Waals surface area contributed by atoms with Crippen LogP contribution in [0, 0.1) is 0 Å². The number of hydrogen-bond acceptors (Lipinski definition) is 7. The monoisotopic (exact) mass is 497 g/mol. The summed E-state index contributed by atoms with van der Waals surface area (Å²) in [7, 11) is 0. The maximum Gasteiger partial charge on any atom is 0.339 e. The second kappa shape index (κ2) is 8.51. The molecule has 10 nitrogen and oxygen atoms in total. The van der Waals surface area contributed by atoms with Crippen molar-refractivity contribution in [1.29, 1.82) is 0 Å². The molecule has 36 heavy (non-hydrogen) atoms. The Labute approximate surface area is 209 Å². The number of hydrogen-bond donors (Lipinski definition) is 3. The zero-order valence-corrected chi connectivity index (χ0v) is 19.8. The zero-order valence-electron chi connectivity index (χ0n) is 19.1. The van der Waals surface area contributed by atoms with Gasteiger partial charge in [-0.05, 0) is 31.2 Å². The van der Waals surface area contributed by atoms with Crippen LogP contribution in [-0.2, 0) is 0 Å². The average Bonchev–Trinajstić information content (AvgIpc) is 3.49. The Morgan fingerprint density at radius 2 is 1.89 bits per heavy atom. The fourth-order valence-electron chi connectivity index (χ4n) is 4.34. The lowest BCUT2D eigenvalue weighted by Gasteiger charge is -2.21. The van der Waals surface area contributed by atoms with E-state index in [1.165, 1.54) is 16.9 Å². The summed E-state index contributed by atoms with van der Waals surface area (Å²) in [5.41, 5.74) is 9.74. The quantitative estimate of drug-likeness (QED) is 0.324. The van der Waals surface area contributed by atoms with Crippen molar-refractivity contribution in [2.24, 2.45) is 0 Å².